The van der Waals surface area contributed by atoms with Crippen LogP contribution in [0.3, 0.4) is 0 Å². The third-order valence-electron chi connectivity index (χ3n) is 2.90. The molecule has 0 saturated heterocycles. The molecule has 0 unspecified atom stereocenters. The number of ketones is 1. The van der Waals surface area contributed by atoms with E-state index < -0.39 is 28.9 Å². The number of rotatable bonds is 3. The maximum Gasteiger partial charge on any atom is 0.417 e. The van der Waals surface area contributed by atoms with Crippen molar-refractivity contribution in [1.29, 1.82) is 0 Å². The van der Waals surface area contributed by atoms with Crippen LogP contribution >= 0.6 is 11.6 Å². The standard InChI is InChI=1S/C15H9ClF4O/c16-13-8-10(17)6-5-9(13)7-14(21)11-3-1-2-4-12(11)15(18,19)20/h1-6,8H,7H2. The van der Waals surface area contributed by atoms with Crippen molar-refractivity contribution < 1.29 is 22.4 Å². The van der Waals surface area contributed by atoms with E-state index in [1.807, 2.05) is 0 Å². The summed E-state index contributed by atoms with van der Waals surface area (Å²) in [5.74, 6) is -1.30. The molecule has 2 aromatic carbocycles. The summed E-state index contributed by atoms with van der Waals surface area (Å²) in [5.41, 5.74) is -1.14. The fourth-order valence-corrected chi connectivity index (χ4v) is 2.14. The van der Waals surface area contributed by atoms with Gasteiger partial charge in [0.15, 0.2) is 5.78 Å². The van der Waals surface area contributed by atoms with Crippen molar-refractivity contribution in [3.63, 3.8) is 0 Å². The summed E-state index contributed by atoms with van der Waals surface area (Å²) in [5, 5.41) is 0.00726. The summed E-state index contributed by atoms with van der Waals surface area (Å²) in [6, 6.07) is 7.93. The minimum atomic E-state index is -4.61. The molecule has 6 heteroatoms. The maximum absolute atomic E-state index is 12.9. The molecule has 1 nitrogen and oxygen atoms in total. The molecule has 0 atom stereocenters. The zero-order chi connectivity index (χ0) is 15.6. The van der Waals surface area contributed by atoms with Crippen LogP contribution in [0.2, 0.25) is 5.02 Å². The van der Waals surface area contributed by atoms with Gasteiger partial charge in [0.25, 0.3) is 0 Å². The zero-order valence-corrected chi connectivity index (χ0v) is 11.3. The van der Waals surface area contributed by atoms with Gasteiger partial charge in [0.1, 0.15) is 5.82 Å². The van der Waals surface area contributed by atoms with Gasteiger partial charge in [-0.2, -0.15) is 13.2 Å². The summed E-state index contributed by atoms with van der Waals surface area (Å²) in [6.07, 6.45) is -4.94. The molecular formula is C15H9ClF4O. The van der Waals surface area contributed by atoms with Crippen molar-refractivity contribution in [2.24, 2.45) is 0 Å². The monoisotopic (exact) mass is 316 g/mol. The second kappa shape index (κ2) is 5.85. The Labute approximate surface area is 123 Å². The molecule has 0 bridgehead atoms. The smallest absolute Gasteiger partial charge is 0.294 e. The number of benzene rings is 2. The molecule has 110 valence electrons. The van der Waals surface area contributed by atoms with Gasteiger partial charge < -0.3 is 0 Å². The fourth-order valence-electron chi connectivity index (χ4n) is 1.91. The molecule has 0 spiro atoms. The number of hydrogen-bond acceptors (Lipinski definition) is 1. The Balaban J connectivity index is 2.33. The third-order valence-corrected chi connectivity index (χ3v) is 3.25. The summed E-state index contributed by atoms with van der Waals surface area (Å²) >= 11 is 5.78. The van der Waals surface area contributed by atoms with E-state index in [1.165, 1.54) is 18.2 Å². The first kappa shape index (κ1) is 15.5. The van der Waals surface area contributed by atoms with Crippen LogP contribution in [0.1, 0.15) is 21.5 Å². The van der Waals surface area contributed by atoms with Gasteiger partial charge >= 0.3 is 6.18 Å². The second-order valence-corrected chi connectivity index (χ2v) is 4.79. The molecule has 0 aliphatic rings. The molecule has 21 heavy (non-hydrogen) atoms. The van der Waals surface area contributed by atoms with Crippen molar-refractivity contribution in [1.82, 2.24) is 0 Å². The fraction of sp³-hybridized carbons (Fsp3) is 0.133. The first-order valence-corrected chi connectivity index (χ1v) is 6.30. The number of halogens is 5. The number of carbonyl (C=O) groups excluding carboxylic acids is 1. The molecule has 0 aromatic heterocycles. The maximum atomic E-state index is 12.9. The number of alkyl halides is 3. The van der Waals surface area contributed by atoms with Crippen LogP contribution in [0.25, 0.3) is 0 Å². The van der Waals surface area contributed by atoms with Crippen LogP contribution in [-0.4, -0.2) is 5.78 Å². The lowest BCUT2D eigenvalue weighted by Gasteiger charge is -2.12. The van der Waals surface area contributed by atoms with E-state index in [4.69, 9.17) is 11.6 Å². The van der Waals surface area contributed by atoms with E-state index in [9.17, 15) is 22.4 Å². The Morgan fingerprint density at radius 2 is 1.76 bits per heavy atom. The van der Waals surface area contributed by atoms with E-state index in [0.717, 1.165) is 24.3 Å². The molecular weight excluding hydrogens is 308 g/mol. The minimum Gasteiger partial charge on any atom is -0.294 e. The molecule has 0 radical (unpaired) electrons. The van der Waals surface area contributed by atoms with Gasteiger partial charge in [0.2, 0.25) is 0 Å². The normalized spacial score (nSPS) is 11.5. The Bertz CT molecular complexity index is 680. The Morgan fingerprint density at radius 3 is 2.38 bits per heavy atom. The van der Waals surface area contributed by atoms with Crippen LogP contribution in [0.5, 0.6) is 0 Å². The number of carbonyl (C=O) groups is 1. The lowest BCUT2D eigenvalue weighted by molar-refractivity contribution is -0.137. The Kier molecular flexibility index (Phi) is 4.32. The minimum absolute atomic E-state index is 0.00726. The quantitative estimate of drug-likeness (QED) is 0.580. The molecule has 0 heterocycles. The predicted molar refractivity (Wildman–Crippen MR) is 70.9 cm³/mol. The zero-order valence-electron chi connectivity index (χ0n) is 10.5. The summed E-state index contributed by atoms with van der Waals surface area (Å²) in [7, 11) is 0. The van der Waals surface area contributed by atoms with E-state index in [0.29, 0.717) is 0 Å². The van der Waals surface area contributed by atoms with Gasteiger partial charge in [-0.25, -0.2) is 4.39 Å². The van der Waals surface area contributed by atoms with E-state index in [-0.39, 0.29) is 17.0 Å². The highest BCUT2D eigenvalue weighted by molar-refractivity contribution is 6.31. The highest BCUT2D eigenvalue weighted by Gasteiger charge is 2.34. The van der Waals surface area contributed by atoms with Crippen LogP contribution < -0.4 is 0 Å². The van der Waals surface area contributed by atoms with Gasteiger partial charge in [-0.1, -0.05) is 35.9 Å². The van der Waals surface area contributed by atoms with Crippen LogP contribution in [0.4, 0.5) is 17.6 Å². The van der Waals surface area contributed by atoms with Gasteiger partial charge in [0, 0.05) is 17.0 Å². The van der Waals surface area contributed by atoms with Crippen molar-refractivity contribution in [3.05, 3.63) is 70.0 Å². The molecule has 0 N–H and O–H groups in total. The van der Waals surface area contributed by atoms with Gasteiger partial charge in [-0.15, -0.1) is 0 Å². The second-order valence-electron chi connectivity index (χ2n) is 4.38. The van der Waals surface area contributed by atoms with Crippen molar-refractivity contribution in [2.75, 3.05) is 0 Å². The van der Waals surface area contributed by atoms with Crippen molar-refractivity contribution >= 4 is 17.4 Å². The molecule has 0 aliphatic carbocycles. The molecule has 2 aromatic rings. The molecule has 0 saturated carbocycles. The van der Waals surface area contributed by atoms with Gasteiger partial charge in [-0.05, 0) is 23.8 Å². The first-order valence-electron chi connectivity index (χ1n) is 5.92. The molecule has 0 aliphatic heterocycles. The molecule has 0 amide bonds. The van der Waals surface area contributed by atoms with Gasteiger partial charge in [0.05, 0.1) is 5.56 Å². The van der Waals surface area contributed by atoms with E-state index >= 15 is 0 Å². The highest BCUT2D eigenvalue weighted by Crippen LogP contribution is 2.32. The lowest BCUT2D eigenvalue weighted by Crippen LogP contribution is -2.14. The topological polar surface area (TPSA) is 17.1 Å². The van der Waals surface area contributed by atoms with Crippen molar-refractivity contribution in [3.8, 4) is 0 Å². The molecule has 0 fully saturated rings. The summed E-state index contributed by atoms with van der Waals surface area (Å²) in [4.78, 5) is 12.1. The highest BCUT2D eigenvalue weighted by atomic mass is 35.5. The lowest BCUT2D eigenvalue weighted by atomic mass is 9.98. The largest absolute Gasteiger partial charge is 0.417 e. The van der Waals surface area contributed by atoms with Crippen LogP contribution in [0.15, 0.2) is 42.5 Å². The average molecular weight is 317 g/mol. The SMILES string of the molecule is O=C(Cc1ccc(F)cc1Cl)c1ccccc1C(F)(F)F. The Morgan fingerprint density at radius 1 is 1.10 bits per heavy atom. The molecule has 2 rings (SSSR count). The summed E-state index contributed by atoms with van der Waals surface area (Å²) < 4.78 is 51.5. The predicted octanol–water partition coefficient (Wildman–Crippen LogP) is 4.92. The van der Waals surface area contributed by atoms with Crippen LogP contribution in [-0.2, 0) is 12.6 Å². The van der Waals surface area contributed by atoms with Crippen molar-refractivity contribution in [2.45, 2.75) is 12.6 Å². The number of Topliss-reactive ketones (excluding diaryl/α,β-unsaturated/α-hetero) is 1. The number of hydrogen-bond donors (Lipinski definition) is 0. The van der Waals surface area contributed by atoms with Crippen LogP contribution in [0, 0.1) is 5.82 Å². The third kappa shape index (κ3) is 3.61. The Hall–Kier alpha value is -1.88. The average Bonchev–Trinajstić information content (AvgIpc) is 2.41. The van der Waals surface area contributed by atoms with E-state index in [1.54, 1.807) is 0 Å². The van der Waals surface area contributed by atoms with E-state index in [2.05, 4.69) is 0 Å². The summed E-state index contributed by atoms with van der Waals surface area (Å²) in [6.45, 7) is 0. The first-order chi connectivity index (χ1) is 9.79. The van der Waals surface area contributed by atoms with Gasteiger partial charge in [-0.3, -0.25) is 4.79 Å².